The van der Waals surface area contributed by atoms with Gasteiger partial charge in [-0.15, -0.1) is 0 Å². The highest BCUT2D eigenvalue weighted by atomic mass is 16.6. The zero-order chi connectivity index (χ0) is 23.6. The highest BCUT2D eigenvalue weighted by Crippen LogP contribution is 2.29. The second kappa shape index (κ2) is 11.3. The van der Waals surface area contributed by atoms with Gasteiger partial charge in [0.2, 0.25) is 11.9 Å². The Morgan fingerprint density at radius 3 is 1.88 bits per heavy atom. The predicted molar refractivity (Wildman–Crippen MR) is 129 cm³/mol. The van der Waals surface area contributed by atoms with Gasteiger partial charge in [0.15, 0.2) is 23.9 Å². The van der Waals surface area contributed by atoms with Gasteiger partial charge in [0.1, 0.15) is 13.2 Å². The highest BCUT2D eigenvalue weighted by molar-refractivity contribution is 5.80. The Morgan fingerprint density at radius 2 is 1.26 bits per heavy atom. The SMILES string of the molecule is Nc1nc(N)nc(CO/N=C/c2ccc(OCc3ccccc3)c(OCc3ccccc3)c2)n1. The number of hydrogen-bond donors (Lipinski definition) is 2. The molecule has 0 bridgehead atoms. The van der Waals surface area contributed by atoms with Crippen molar-refractivity contribution in [3.05, 3.63) is 101 Å². The fourth-order valence-electron chi connectivity index (χ4n) is 3.02. The molecule has 3 aromatic carbocycles. The van der Waals surface area contributed by atoms with Gasteiger partial charge in [-0.1, -0.05) is 65.8 Å². The lowest BCUT2D eigenvalue weighted by atomic mass is 10.2. The predicted octanol–water partition coefficient (Wildman–Crippen LogP) is 3.74. The zero-order valence-electron chi connectivity index (χ0n) is 18.4. The fraction of sp³-hybridized carbons (Fsp3) is 0.120. The Hall–Kier alpha value is -4.66. The van der Waals surface area contributed by atoms with Crippen LogP contribution in [-0.2, 0) is 24.7 Å². The van der Waals surface area contributed by atoms with Crippen LogP contribution in [0.2, 0.25) is 0 Å². The number of nitrogens with two attached hydrogens (primary N) is 2. The van der Waals surface area contributed by atoms with E-state index in [2.05, 4.69) is 20.1 Å². The van der Waals surface area contributed by atoms with Gasteiger partial charge in [-0.05, 0) is 29.3 Å². The number of nitrogen functional groups attached to an aromatic ring is 2. The molecule has 1 heterocycles. The largest absolute Gasteiger partial charge is 0.485 e. The minimum absolute atomic E-state index is 0.00303. The second-order valence-electron chi connectivity index (χ2n) is 7.23. The first-order valence-electron chi connectivity index (χ1n) is 10.5. The molecule has 0 amide bonds. The molecule has 0 fully saturated rings. The molecule has 1 aromatic heterocycles. The molecule has 4 aromatic rings. The molecule has 0 aliphatic heterocycles. The third kappa shape index (κ3) is 6.67. The summed E-state index contributed by atoms with van der Waals surface area (Å²) in [6, 6.07) is 25.4. The van der Waals surface area contributed by atoms with Crippen LogP contribution >= 0.6 is 0 Å². The third-order valence-electron chi connectivity index (χ3n) is 4.63. The van der Waals surface area contributed by atoms with Crippen LogP contribution in [0.5, 0.6) is 11.5 Å². The molecule has 0 aliphatic rings. The topological polar surface area (TPSA) is 131 Å². The van der Waals surface area contributed by atoms with Gasteiger partial charge in [-0.25, -0.2) is 0 Å². The summed E-state index contributed by atoms with van der Waals surface area (Å²) in [4.78, 5) is 16.9. The van der Waals surface area contributed by atoms with E-state index in [9.17, 15) is 0 Å². The van der Waals surface area contributed by atoms with E-state index in [0.29, 0.717) is 30.5 Å². The highest BCUT2D eigenvalue weighted by Gasteiger charge is 2.08. The summed E-state index contributed by atoms with van der Waals surface area (Å²) < 4.78 is 12.1. The summed E-state index contributed by atoms with van der Waals surface area (Å²) >= 11 is 0. The standard InChI is InChI=1S/C25H24N6O3/c26-24-29-23(30-25(27)31-24)17-34-28-14-20-11-12-21(32-15-18-7-3-1-4-8-18)22(13-20)33-16-19-9-5-2-6-10-19/h1-14H,15-17H2,(H4,26,27,29,30,31)/b28-14+. The molecule has 0 spiro atoms. The van der Waals surface area contributed by atoms with Crippen molar-refractivity contribution in [1.82, 2.24) is 15.0 Å². The lowest BCUT2D eigenvalue weighted by Gasteiger charge is -2.14. The van der Waals surface area contributed by atoms with Gasteiger partial charge in [-0.2, -0.15) is 15.0 Å². The molecule has 34 heavy (non-hydrogen) atoms. The van der Waals surface area contributed by atoms with Crippen molar-refractivity contribution in [3.8, 4) is 11.5 Å². The first-order valence-corrected chi connectivity index (χ1v) is 10.5. The van der Waals surface area contributed by atoms with Crippen molar-refractivity contribution < 1.29 is 14.3 Å². The average molecular weight is 457 g/mol. The Balaban J connectivity index is 1.44. The Kier molecular flexibility index (Phi) is 7.47. The molecule has 0 radical (unpaired) electrons. The first-order chi connectivity index (χ1) is 16.7. The van der Waals surface area contributed by atoms with E-state index in [1.807, 2.05) is 78.9 Å². The van der Waals surface area contributed by atoms with E-state index in [0.717, 1.165) is 16.7 Å². The van der Waals surface area contributed by atoms with Gasteiger partial charge in [0, 0.05) is 5.56 Å². The Morgan fingerprint density at radius 1 is 0.676 bits per heavy atom. The normalized spacial score (nSPS) is 10.8. The Labute approximate surface area is 197 Å². The number of aromatic nitrogens is 3. The smallest absolute Gasteiger partial charge is 0.225 e. The van der Waals surface area contributed by atoms with E-state index in [4.69, 9.17) is 25.8 Å². The average Bonchev–Trinajstić information content (AvgIpc) is 2.85. The summed E-state index contributed by atoms with van der Waals surface area (Å²) in [6.45, 7) is 0.836. The van der Waals surface area contributed by atoms with Gasteiger partial charge >= 0.3 is 0 Å². The van der Waals surface area contributed by atoms with E-state index < -0.39 is 0 Å². The number of rotatable bonds is 10. The van der Waals surface area contributed by atoms with Gasteiger partial charge in [0.05, 0.1) is 6.21 Å². The molecule has 9 heteroatoms. The summed E-state index contributed by atoms with van der Waals surface area (Å²) in [5, 5.41) is 3.98. The minimum atomic E-state index is 0.00303. The molecule has 0 atom stereocenters. The fourth-order valence-corrected chi connectivity index (χ4v) is 3.02. The van der Waals surface area contributed by atoms with Crippen molar-refractivity contribution in [1.29, 1.82) is 0 Å². The molecule has 0 saturated heterocycles. The number of oxime groups is 1. The molecule has 0 saturated carbocycles. The maximum atomic E-state index is 6.07. The summed E-state index contributed by atoms with van der Waals surface area (Å²) in [7, 11) is 0. The van der Waals surface area contributed by atoms with Crippen molar-refractivity contribution in [2.24, 2.45) is 5.16 Å². The molecule has 9 nitrogen and oxygen atoms in total. The van der Waals surface area contributed by atoms with Crippen LogP contribution in [0.4, 0.5) is 11.9 Å². The number of nitrogens with zero attached hydrogens (tertiary/aromatic N) is 4. The summed E-state index contributed by atoms with van der Waals surface area (Å²) in [6.07, 6.45) is 1.56. The molecule has 4 rings (SSSR count). The van der Waals surface area contributed by atoms with Crippen molar-refractivity contribution >= 4 is 18.1 Å². The Bertz CT molecular complexity index is 1220. The summed E-state index contributed by atoms with van der Waals surface area (Å²) in [5.74, 6) is 1.58. The number of hydrogen-bond acceptors (Lipinski definition) is 9. The number of benzene rings is 3. The maximum Gasteiger partial charge on any atom is 0.225 e. The van der Waals surface area contributed by atoms with E-state index >= 15 is 0 Å². The van der Waals surface area contributed by atoms with E-state index in [1.54, 1.807) is 6.21 Å². The molecule has 0 aliphatic carbocycles. The van der Waals surface area contributed by atoms with Crippen LogP contribution in [-0.4, -0.2) is 21.2 Å². The number of anilines is 2. The monoisotopic (exact) mass is 456 g/mol. The third-order valence-corrected chi connectivity index (χ3v) is 4.63. The first kappa shape index (κ1) is 22.5. The molecule has 4 N–H and O–H groups in total. The van der Waals surface area contributed by atoms with Crippen LogP contribution in [0.15, 0.2) is 84.0 Å². The van der Waals surface area contributed by atoms with E-state index in [1.165, 1.54) is 0 Å². The van der Waals surface area contributed by atoms with Crippen molar-refractivity contribution in [2.75, 3.05) is 11.5 Å². The molecular weight excluding hydrogens is 432 g/mol. The van der Waals surface area contributed by atoms with Crippen LogP contribution in [0.25, 0.3) is 0 Å². The van der Waals surface area contributed by atoms with Gasteiger partial charge in [-0.3, -0.25) is 0 Å². The molecule has 0 unspecified atom stereocenters. The van der Waals surface area contributed by atoms with Crippen LogP contribution in [0.3, 0.4) is 0 Å². The van der Waals surface area contributed by atoms with Gasteiger partial charge in [0.25, 0.3) is 0 Å². The lowest BCUT2D eigenvalue weighted by Crippen LogP contribution is -2.07. The maximum absolute atomic E-state index is 6.07. The zero-order valence-corrected chi connectivity index (χ0v) is 18.4. The van der Waals surface area contributed by atoms with Crippen molar-refractivity contribution in [3.63, 3.8) is 0 Å². The van der Waals surface area contributed by atoms with Crippen LogP contribution < -0.4 is 20.9 Å². The second-order valence-corrected chi connectivity index (χ2v) is 7.23. The van der Waals surface area contributed by atoms with Crippen molar-refractivity contribution in [2.45, 2.75) is 19.8 Å². The summed E-state index contributed by atoms with van der Waals surface area (Å²) in [5.41, 5.74) is 14.0. The van der Waals surface area contributed by atoms with Crippen LogP contribution in [0.1, 0.15) is 22.5 Å². The molecule has 172 valence electrons. The quantitative estimate of drug-likeness (QED) is 0.273. The number of ether oxygens (including phenoxy) is 2. The lowest BCUT2D eigenvalue weighted by molar-refractivity contribution is 0.126. The minimum Gasteiger partial charge on any atom is -0.485 e. The van der Waals surface area contributed by atoms with Gasteiger partial charge < -0.3 is 25.8 Å². The van der Waals surface area contributed by atoms with E-state index in [-0.39, 0.29) is 18.5 Å². The molecular formula is C25H24N6O3. The van der Waals surface area contributed by atoms with Crippen LogP contribution in [0, 0.1) is 0 Å².